The van der Waals surface area contributed by atoms with Crippen molar-refractivity contribution in [3.63, 3.8) is 0 Å². The number of hydrogen-bond donors (Lipinski definition) is 2. The van der Waals surface area contributed by atoms with Crippen LogP contribution in [0.5, 0.6) is 0 Å². The van der Waals surface area contributed by atoms with Crippen LogP contribution in [0.15, 0.2) is 12.4 Å². The molecule has 6 heteroatoms. The molecule has 0 bridgehead atoms. The summed E-state index contributed by atoms with van der Waals surface area (Å²) < 4.78 is 0. The Hall–Kier alpha value is -1.69. The molecule has 0 aromatic carbocycles. The maximum atomic E-state index is 10.6. The van der Waals surface area contributed by atoms with E-state index >= 15 is 0 Å². The Morgan fingerprint density at radius 3 is 2.75 bits per heavy atom. The Balaban J connectivity index is 2.49. The molecule has 1 aromatic heterocycles. The summed E-state index contributed by atoms with van der Waals surface area (Å²) in [6.07, 6.45) is 2.85. The number of hydrogen-bond acceptors (Lipinski definition) is 4. The molecule has 1 aromatic rings. The number of amides is 1. The molecule has 3 N–H and O–H groups in total. The maximum Gasteiger partial charge on any atom is 0.407 e. The molecule has 1 heterocycles. The Kier molecular flexibility index (Phi) is 4.19. The lowest BCUT2D eigenvalue weighted by molar-refractivity contribution is 0.154. The van der Waals surface area contributed by atoms with E-state index in [1.807, 2.05) is 6.92 Å². The van der Waals surface area contributed by atoms with Crippen molar-refractivity contribution in [3.8, 4) is 0 Å². The Morgan fingerprint density at radius 2 is 2.25 bits per heavy atom. The van der Waals surface area contributed by atoms with E-state index < -0.39 is 6.09 Å². The predicted molar refractivity (Wildman–Crippen MR) is 59.0 cm³/mol. The number of aromatic nitrogens is 2. The molecule has 1 atom stereocenters. The Morgan fingerprint density at radius 1 is 1.56 bits per heavy atom. The molecule has 1 unspecified atom stereocenters. The van der Waals surface area contributed by atoms with E-state index in [1.165, 1.54) is 11.9 Å². The van der Waals surface area contributed by atoms with Gasteiger partial charge < -0.3 is 15.7 Å². The molecule has 0 aliphatic rings. The van der Waals surface area contributed by atoms with Crippen molar-refractivity contribution in [3.05, 3.63) is 23.8 Å². The van der Waals surface area contributed by atoms with Gasteiger partial charge in [0.05, 0.1) is 23.6 Å². The zero-order valence-corrected chi connectivity index (χ0v) is 9.42. The molecule has 6 nitrogen and oxygen atoms in total. The highest BCUT2D eigenvalue weighted by Crippen LogP contribution is 2.10. The second-order valence-corrected chi connectivity index (χ2v) is 3.68. The monoisotopic (exact) mass is 224 g/mol. The van der Waals surface area contributed by atoms with Gasteiger partial charge in [0.1, 0.15) is 0 Å². The molecule has 1 amide bonds. The number of carbonyl (C=O) groups is 1. The average Bonchev–Trinajstić information content (AvgIpc) is 2.26. The first-order chi connectivity index (χ1) is 7.50. The maximum absolute atomic E-state index is 10.6. The standard InChI is InChI=1S/C10H16N4O2/c1-7-5-13-9(6-12-7)8(11)3-4-14(2)10(15)16/h5-6,8H,3-4,11H2,1-2H3,(H,15,16). The van der Waals surface area contributed by atoms with Crippen LogP contribution < -0.4 is 5.73 Å². The van der Waals surface area contributed by atoms with Gasteiger partial charge in [-0.05, 0) is 13.3 Å². The molecular weight excluding hydrogens is 208 g/mol. The highest BCUT2D eigenvalue weighted by Gasteiger charge is 2.11. The van der Waals surface area contributed by atoms with Crippen LogP contribution in [-0.4, -0.2) is 39.7 Å². The molecule has 0 aliphatic carbocycles. The molecule has 0 radical (unpaired) electrons. The predicted octanol–water partition coefficient (Wildman–Crippen LogP) is 0.785. The van der Waals surface area contributed by atoms with Crippen LogP contribution in [0.1, 0.15) is 23.9 Å². The van der Waals surface area contributed by atoms with Crippen LogP contribution in [0.4, 0.5) is 4.79 Å². The van der Waals surface area contributed by atoms with Gasteiger partial charge in [0.15, 0.2) is 0 Å². The highest BCUT2D eigenvalue weighted by atomic mass is 16.4. The average molecular weight is 224 g/mol. The molecule has 16 heavy (non-hydrogen) atoms. The number of aryl methyl sites for hydroxylation is 1. The molecule has 0 saturated heterocycles. The summed E-state index contributed by atoms with van der Waals surface area (Å²) in [4.78, 5) is 20.0. The lowest BCUT2D eigenvalue weighted by Gasteiger charge is -2.16. The first kappa shape index (κ1) is 12.4. The first-order valence-corrected chi connectivity index (χ1v) is 4.99. The van der Waals surface area contributed by atoms with Gasteiger partial charge in [-0.2, -0.15) is 0 Å². The van der Waals surface area contributed by atoms with E-state index in [9.17, 15) is 4.79 Å². The summed E-state index contributed by atoms with van der Waals surface area (Å²) in [6, 6.07) is -0.283. The van der Waals surface area contributed by atoms with Gasteiger partial charge in [-0.25, -0.2) is 4.79 Å². The molecule has 88 valence electrons. The molecule has 0 spiro atoms. The largest absolute Gasteiger partial charge is 0.465 e. The van der Waals surface area contributed by atoms with Crippen LogP contribution >= 0.6 is 0 Å². The number of carboxylic acid groups (broad SMARTS) is 1. The van der Waals surface area contributed by atoms with Gasteiger partial charge in [0, 0.05) is 19.8 Å². The minimum absolute atomic E-state index is 0.283. The Bertz CT molecular complexity index is 352. The van der Waals surface area contributed by atoms with Crippen molar-refractivity contribution in [2.24, 2.45) is 5.73 Å². The third-order valence-corrected chi connectivity index (χ3v) is 2.28. The van der Waals surface area contributed by atoms with Crippen LogP contribution in [-0.2, 0) is 0 Å². The van der Waals surface area contributed by atoms with E-state index in [2.05, 4.69) is 9.97 Å². The molecule has 0 aliphatic heterocycles. The van der Waals surface area contributed by atoms with Crippen molar-refractivity contribution in [2.75, 3.05) is 13.6 Å². The van der Waals surface area contributed by atoms with Gasteiger partial charge in [-0.3, -0.25) is 9.97 Å². The minimum Gasteiger partial charge on any atom is -0.465 e. The SMILES string of the molecule is Cc1cnc(C(N)CCN(C)C(=O)O)cn1. The zero-order valence-electron chi connectivity index (χ0n) is 9.42. The fourth-order valence-corrected chi connectivity index (χ4v) is 1.17. The van der Waals surface area contributed by atoms with Crippen LogP contribution in [0.25, 0.3) is 0 Å². The Labute approximate surface area is 94.1 Å². The number of rotatable bonds is 4. The van der Waals surface area contributed by atoms with E-state index in [1.54, 1.807) is 12.4 Å². The van der Waals surface area contributed by atoms with E-state index in [4.69, 9.17) is 10.8 Å². The van der Waals surface area contributed by atoms with Crippen molar-refractivity contribution in [1.82, 2.24) is 14.9 Å². The lowest BCUT2D eigenvalue weighted by Crippen LogP contribution is -2.28. The van der Waals surface area contributed by atoms with Crippen molar-refractivity contribution in [1.29, 1.82) is 0 Å². The highest BCUT2D eigenvalue weighted by molar-refractivity contribution is 5.64. The van der Waals surface area contributed by atoms with Gasteiger partial charge in [0.2, 0.25) is 0 Å². The number of nitrogens with two attached hydrogens (primary N) is 1. The second-order valence-electron chi connectivity index (χ2n) is 3.68. The summed E-state index contributed by atoms with van der Waals surface area (Å²) >= 11 is 0. The smallest absolute Gasteiger partial charge is 0.407 e. The topological polar surface area (TPSA) is 92.3 Å². The van der Waals surface area contributed by atoms with Crippen molar-refractivity contribution < 1.29 is 9.90 Å². The van der Waals surface area contributed by atoms with Crippen LogP contribution in [0, 0.1) is 6.92 Å². The molecule has 0 fully saturated rings. The molecular formula is C10H16N4O2. The van der Waals surface area contributed by atoms with Crippen molar-refractivity contribution in [2.45, 2.75) is 19.4 Å². The van der Waals surface area contributed by atoms with E-state index in [0.717, 1.165) is 5.69 Å². The van der Waals surface area contributed by atoms with Gasteiger partial charge in [-0.15, -0.1) is 0 Å². The zero-order chi connectivity index (χ0) is 12.1. The van der Waals surface area contributed by atoms with E-state index in [0.29, 0.717) is 18.7 Å². The van der Waals surface area contributed by atoms with Gasteiger partial charge in [-0.1, -0.05) is 0 Å². The summed E-state index contributed by atoms with van der Waals surface area (Å²) in [5.74, 6) is 0. The molecule has 0 saturated carbocycles. The van der Waals surface area contributed by atoms with Crippen molar-refractivity contribution >= 4 is 6.09 Å². The third-order valence-electron chi connectivity index (χ3n) is 2.28. The lowest BCUT2D eigenvalue weighted by atomic mass is 10.1. The quantitative estimate of drug-likeness (QED) is 0.788. The van der Waals surface area contributed by atoms with Gasteiger partial charge in [0.25, 0.3) is 0 Å². The van der Waals surface area contributed by atoms with E-state index in [-0.39, 0.29) is 6.04 Å². The second kappa shape index (κ2) is 5.41. The number of nitrogens with zero attached hydrogens (tertiary/aromatic N) is 3. The fraction of sp³-hybridized carbons (Fsp3) is 0.500. The summed E-state index contributed by atoms with van der Waals surface area (Å²) in [5.41, 5.74) is 7.39. The van der Waals surface area contributed by atoms with Gasteiger partial charge >= 0.3 is 6.09 Å². The van der Waals surface area contributed by atoms with Crippen LogP contribution in [0.2, 0.25) is 0 Å². The fourth-order valence-electron chi connectivity index (χ4n) is 1.17. The minimum atomic E-state index is -0.956. The third kappa shape index (κ3) is 3.47. The molecule has 1 rings (SSSR count). The van der Waals surface area contributed by atoms with Crippen LogP contribution in [0.3, 0.4) is 0 Å². The normalized spacial score (nSPS) is 12.2. The summed E-state index contributed by atoms with van der Waals surface area (Å²) in [6.45, 7) is 2.23. The summed E-state index contributed by atoms with van der Waals surface area (Å²) in [5, 5.41) is 8.66. The summed E-state index contributed by atoms with van der Waals surface area (Å²) in [7, 11) is 1.51. The first-order valence-electron chi connectivity index (χ1n) is 4.99.